The van der Waals surface area contributed by atoms with Crippen LogP contribution < -0.4 is 0 Å². The Morgan fingerprint density at radius 3 is 2.28 bits per heavy atom. The molecule has 0 saturated heterocycles. The van der Waals surface area contributed by atoms with Gasteiger partial charge in [-0.25, -0.2) is 0 Å². The summed E-state index contributed by atoms with van der Waals surface area (Å²) in [5, 5.41) is 0. The predicted octanol–water partition coefficient (Wildman–Crippen LogP) is 3.94. The van der Waals surface area contributed by atoms with E-state index in [1.165, 1.54) is 0 Å². The van der Waals surface area contributed by atoms with Crippen molar-refractivity contribution in [2.24, 2.45) is 5.92 Å². The van der Waals surface area contributed by atoms with Gasteiger partial charge in [0, 0.05) is 18.5 Å². The van der Waals surface area contributed by atoms with E-state index in [1.54, 1.807) is 0 Å². The van der Waals surface area contributed by atoms with Crippen molar-refractivity contribution in [1.29, 1.82) is 0 Å². The molecule has 1 amide bonds. The van der Waals surface area contributed by atoms with Crippen LogP contribution in [0.25, 0.3) is 0 Å². The maximum Gasteiger partial charge on any atom is 0.226 e. The average Bonchev–Trinajstić information content (AvgIpc) is 3.15. The number of carbonyl (C=O) groups excluding carboxylic acids is 1. The van der Waals surface area contributed by atoms with Crippen molar-refractivity contribution in [3.63, 3.8) is 0 Å². The Hall–Kier alpha value is -1.05. The maximum absolute atomic E-state index is 12.0. The monoisotopic (exact) mass is 249 g/mol. The standard InChI is InChI=1S/C16H27NO/c1-4-5-6-7-8-9-10-13-17(14(2)3)16(18)15-11-12-15/h5-6,9-10,14-15H,4,7-8,11-13H2,1-3H3. The summed E-state index contributed by atoms with van der Waals surface area (Å²) in [6.07, 6.45) is 14.2. The van der Waals surface area contributed by atoms with Gasteiger partial charge in [0.15, 0.2) is 0 Å². The summed E-state index contributed by atoms with van der Waals surface area (Å²) in [4.78, 5) is 14.0. The third-order valence-corrected chi connectivity index (χ3v) is 3.20. The second kappa shape index (κ2) is 8.12. The second-order valence-corrected chi connectivity index (χ2v) is 5.29. The minimum absolute atomic E-state index is 0.308. The topological polar surface area (TPSA) is 20.3 Å². The molecule has 0 N–H and O–H groups in total. The highest BCUT2D eigenvalue weighted by Crippen LogP contribution is 2.31. The number of allylic oxidation sites excluding steroid dienone is 3. The summed E-state index contributed by atoms with van der Waals surface area (Å²) in [6.45, 7) is 7.11. The molecule has 0 atom stereocenters. The molecule has 0 unspecified atom stereocenters. The number of rotatable bonds is 8. The van der Waals surface area contributed by atoms with Gasteiger partial charge in [0.2, 0.25) is 5.91 Å². The fraction of sp³-hybridized carbons (Fsp3) is 0.688. The Morgan fingerprint density at radius 1 is 1.17 bits per heavy atom. The first-order valence-corrected chi connectivity index (χ1v) is 7.27. The lowest BCUT2D eigenvalue weighted by Gasteiger charge is -2.25. The molecule has 0 heterocycles. The Kier molecular flexibility index (Phi) is 6.77. The lowest BCUT2D eigenvalue weighted by Crippen LogP contribution is -2.38. The Balaban J connectivity index is 2.26. The van der Waals surface area contributed by atoms with Crippen LogP contribution in [0.4, 0.5) is 0 Å². The lowest BCUT2D eigenvalue weighted by molar-refractivity contribution is -0.133. The van der Waals surface area contributed by atoms with E-state index in [-0.39, 0.29) is 0 Å². The Morgan fingerprint density at radius 2 is 1.78 bits per heavy atom. The van der Waals surface area contributed by atoms with Gasteiger partial charge in [0.25, 0.3) is 0 Å². The fourth-order valence-corrected chi connectivity index (χ4v) is 1.90. The largest absolute Gasteiger partial charge is 0.336 e. The molecule has 1 aliphatic rings. The SMILES string of the molecule is CCC=CCCC=CCN(C(=O)C1CC1)C(C)C. The van der Waals surface area contributed by atoms with Crippen molar-refractivity contribution < 1.29 is 4.79 Å². The van der Waals surface area contributed by atoms with E-state index in [1.807, 2.05) is 4.90 Å². The first kappa shape index (κ1) is 15.0. The summed E-state index contributed by atoms with van der Waals surface area (Å²) in [7, 11) is 0. The molecule has 0 radical (unpaired) electrons. The normalized spacial score (nSPS) is 16.0. The molecule has 1 fully saturated rings. The van der Waals surface area contributed by atoms with E-state index in [0.29, 0.717) is 17.9 Å². The molecule has 1 rings (SSSR count). The highest BCUT2D eigenvalue weighted by Gasteiger charge is 2.33. The Labute approximate surface area is 112 Å². The first-order valence-electron chi connectivity index (χ1n) is 7.27. The molecule has 18 heavy (non-hydrogen) atoms. The molecule has 0 aromatic rings. The third-order valence-electron chi connectivity index (χ3n) is 3.20. The van der Waals surface area contributed by atoms with Gasteiger partial charge in [-0.15, -0.1) is 0 Å². The quantitative estimate of drug-likeness (QED) is 0.471. The van der Waals surface area contributed by atoms with Gasteiger partial charge in [0.1, 0.15) is 0 Å². The van der Waals surface area contributed by atoms with Gasteiger partial charge >= 0.3 is 0 Å². The molecule has 0 bridgehead atoms. The van der Waals surface area contributed by atoms with E-state index in [9.17, 15) is 4.79 Å². The van der Waals surface area contributed by atoms with Gasteiger partial charge in [-0.1, -0.05) is 31.2 Å². The van der Waals surface area contributed by atoms with Crippen molar-refractivity contribution >= 4 is 5.91 Å². The van der Waals surface area contributed by atoms with Gasteiger partial charge in [-0.05, 0) is 46.0 Å². The zero-order valence-electron chi connectivity index (χ0n) is 12.1. The average molecular weight is 249 g/mol. The van der Waals surface area contributed by atoms with E-state index >= 15 is 0 Å². The minimum atomic E-state index is 0.308. The van der Waals surface area contributed by atoms with Crippen LogP contribution in [0.5, 0.6) is 0 Å². The molecule has 0 spiro atoms. The number of hydrogen-bond acceptors (Lipinski definition) is 1. The molecule has 2 heteroatoms. The fourth-order valence-electron chi connectivity index (χ4n) is 1.90. The summed E-state index contributed by atoms with van der Waals surface area (Å²) in [5.74, 6) is 0.675. The van der Waals surface area contributed by atoms with E-state index < -0.39 is 0 Å². The number of unbranched alkanes of at least 4 members (excludes halogenated alkanes) is 1. The number of nitrogens with zero attached hydrogens (tertiary/aromatic N) is 1. The van der Waals surface area contributed by atoms with Gasteiger partial charge in [-0.2, -0.15) is 0 Å². The predicted molar refractivity (Wildman–Crippen MR) is 77.4 cm³/mol. The lowest BCUT2D eigenvalue weighted by atomic mass is 10.2. The van der Waals surface area contributed by atoms with Crippen LogP contribution in [0.2, 0.25) is 0 Å². The minimum Gasteiger partial charge on any atom is -0.336 e. The van der Waals surface area contributed by atoms with Crippen molar-refractivity contribution in [2.75, 3.05) is 6.54 Å². The van der Waals surface area contributed by atoms with Crippen molar-refractivity contribution in [3.05, 3.63) is 24.3 Å². The third kappa shape index (κ3) is 5.52. The number of hydrogen-bond donors (Lipinski definition) is 0. The summed E-state index contributed by atoms with van der Waals surface area (Å²) < 4.78 is 0. The van der Waals surface area contributed by atoms with E-state index in [0.717, 1.165) is 38.6 Å². The highest BCUT2D eigenvalue weighted by molar-refractivity contribution is 5.81. The summed E-state index contributed by atoms with van der Waals surface area (Å²) in [5.41, 5.74) is 0. The van der Waals surface area contributed by atoms with Crippen LogP contribution in [0.1, 0.15) is 52.9 Å². The van der Waals surface area contributed by atoms with E-state index in [4.69, 9.17) is 0 Å². The maximum atomic E-state index is 12.0. The van der Waals surface area contributed by atoms with Crippen LogP contribution in [0.15, 0.2) is 24.3 Å². The van der Waals surface area contributed by atoms with Crippen LogP contribution >= 0.6 is 0 Å². The van der Waals surface area contributed by atoms with Crippen molar-refractivity contribution in [3.8, 4) is 0 Å². The summed E-state index contributed by atoms with van der Waals surface area (Å²) >= 11 is 0. The molecule has 0 aliphatic heterocycles. The molecular formula is C16H27NO. The van der Waals surface area contributed by atoms with Crippen LogP contribution in [-0.2, 0) is 4.79 Å². The summed E-state index contributed by atoms with van der Waals surface area (Å²) in [6, 6.07) is 0.308. The van der Waals surface area contributed by atoms with Gasteiger partial charge < -0.3 is 4.90 Å². The zero-order valence-corrected chi connectivity index (χ0v) is 12.1. The van der Waals surface area contributed by atoms with Crippen molar-refractivity contribution in [1.82, 2.24) is 4.90 Å². The van der Waals surface area contributed by atoms with Gasteiger partial charge in [-0.3, -0.25) is 4.79 Å². The van der Waals surface area contributed by atoms with E-state index in [2.05, 4.69) is 45.1 Å². The second-order valence-electron chi connectivity index (χ2n) is 5.29. The molecule has 0 aromatic heterocycles. The number of amides is 1. The zero-order chi connectivity index (χ0) is 13.4. The number of carbonyl (C=O) groups is 1. The molecule has 102 valence electrons. The molecule has 2 nitrogen and oxygen atoms in total. The highest BCUT2D eigenvalue weighted by atomic mass is 16.2. The smallest absolute Gasteiger partial charge is 0.226 e. The van der Waals surface area contributed by atoms with Crippen molar-refractivity contribution in [2.45, 2.75) is 58.9 Å². The first-order chi connectivity index (χ1) is 8.66. The van der Waals surface area contributed by atoms with Crippen LogP contribution in [0.3, 0.4) is 0 Å². The van der Waals surface area contributed by atoms with Crippen LogP contribution in [0, 0.1) is 5.92 Å². The molecule has 1 saturated carbocycles. The molecule has 0 aromatic carbocycles. The Bertz CT molecular complexity index is 300. The molecule has 1 aliphatic carbocycles. The van der Waals surface area contributed by atoms with Crippen LogP contribution in [-0.4, -0.2) is 23.4 Å². The van der Waals surface area contributed by atoms with Gasteiger partial charge in [0.05, 0.1) is 0 Å². The molecular weight excluding hydrogens is 222 g/mol.